The topological polar surface area (TPSA) is 136 Å². The van der Waals surface area contributed by atoms with Crippen molar-refractivity contribution < 1.29 is 72.7 Å². The van der Waals surface area contributed by atoms with Gasteiger partial charge in [-0.15, -0.1) is 0 Å². The number of hydrogen-bond acceptors (Lipinski definition) is 7. The summed E-state index contributed by atoms with van der Waals surface area (Å²) in [5.41, 5.74) is 6.05. The van der Waals surface area contributed by atoms with Gasteiger partial charge in [-0.1, -0.05) is 27.7 Å². The van der Waals surface area contributed by atoms with Gasteiger partial charge < -0.3 is 15.4 Å². The van der Waals surface area contributed by atoms with Crippen molar-refractivity contribution in [2.24, 2.45) is 17.6 Å². The lowest BCUT2D eigenvalue weighted by atomic mass is 9.82. The predicted octanol–water partition coefficient (Wildman–Crippen LogP) is 4.36. The van der Waals surface area contributed by atoms with E-state index >= 15 is 8.78 Å². The van der Waals surface area contributed by atoms with Gasteiger partial charge >= 0.3 is 29.9 Å². The zero-order valence-corrected chi connectivity index (χ0v) is 28.2. The molecule has 10 nitrogen and oxygen atoms in total. The molecule has 3 rings (SSSR count). The highest BCUT2D eigenvalue weighted by molar-refractivity contribution is 6.07. The Morgan fingerprint density at radius 1 is 0.824 bits per heavy atom. The van der Waals surface area contributed by atoms with Gasteiger partial charge in [-0.2, -0.15) is 39.5 Å². The van der Waals surface area contributed by atoms with E-state index in [1.165, 1.54) is 43.0 Å². The summed E-state index contributed by atoms with van der Waals surface area (Å²) < 4.78 is 130. The van der Waals surface area contributed by atoms with Gasteiger partial charge in [0.1, 0.15) is 6.04 Å². The van der Waals surface area contributed by atoms with Gasteiger partial charge in [0.25, 0.3) is 23.5 Å². The number of carbonyl (C=O) groups excluding carboxylic acids is 5. The molecule has 4 amide bonds. The fourth-order valence-corrected chi connectivity index (χ4v) is 6.47. The fraction of sp³-hybridized carbons (Fsp3) is 0.656. The van der Waals surface area contributed by atoms with E-state index in [1.807, 2.05) is 5.32 Å². The molecule has 0 spiro atoms. The van der Waals surface area contributed by atoms with Crippen LogP contribution in [0, 0.1) is 11.8 Å². The SMILES string of the molecule is CC(C)C(C(=O)C(F)(F)C(F)(F)C(F)(F)C(F)(F)F)[N+]1(C(=O)[C@@H](N)C(C)C)CCCCC1C(=O)NC(=O)c1ccc(C(=O)N2CCOCC2)cc1. The van der Waals surface area contributed by atoms with Crippen molar-refractivity contribution >= 4 is 29.4 Å². The maximum Gasteiger partial charge on any atom is 0.460 e. The van der Waals surface area contributed by atoms with Gasteiger partial charge in [0.2, 0.25) is 0 Å². The Labute approximate surface area is 287 Å². The molecule has 0 radical (unpaired) electrons. The normalized spacial score (nSPS) is 22.0. The number of hydrogen-bond donors (Lipinski definition) is 2. The molecule has 2 heterocycles. The van der Waals surface area contributed by atoms with E-state index in [2.05, 4.69) is 0 Å². The molecule has 2 aliphatic heterocycles. The number of benzene rings is 1. The maximum atomic E-state index is 15.3. The Morgan fingerprint density at radius 3 is 1.84 bits per heavy atom. The monoisotopic (exact) mass is 747 g/mol. The zero-order valence-electron chi connectivity index (χ0n) is 28.2. The molecule has 0 saturated carbocycles. The smallest absolute Gasteiger partial charge is 0.378 e. The first-order chi connectivity index (χ1) is 23.4. The van der Waals surface area contributed by atoms with Crippen LogP contribution in [0.2, 0.25) is 0 Å². The number of likely N-dealkylation sites (tertiary alicyclic amines) is 1. The molecule has 286 valence electrons. The Morgan fingerprint density at radius 2 is 1.35 bits per heavy atom. The number of ether oxygens (including phenoxy) is 1. The van der Waals surface area contributed by atoms with E-state index in [0.29, 0.717) is 26.3 Å². The number of carbonyl (C=O) groups is 5. The third kappa shape index (κ3) is 7.65. The minimum absolute atomic E-state index is 0.0620. The molecule has 4 atom stereocenters. The second-order valence-electron chi connectivity index (χ2n) is 13.3. The van der Waals surface area contributed by atoms with E-state index < -0.39 is 94.9 Å². The molecule has 3 unspecified atom stereocenters. The average Bonchev–Trinajstić information content (AvgIpc) is 3.06. The van der Waals surface area contributed by atoms with Crippen LogP contribution in [-0.2, 0) is 19.1 Å². The molecule has 51 heavy (non-hydrogen) atoms. The summed E-state index contributed by atoms with van der Waals surface area (Å²) in [4.78, 5) is 68.9. The molecule has 1 aromatic carbocycles. The first-order valence-corrected chi connectivity index (χ1v) is 16.1. The number of nitrogens with zero attached hydrogens (tertiary/aromatic N) is 2. The summed E-state index contributed by atoms with van der Waals surface area (Å²) in [5.74, 6) is -31.2. The highest BCUT2D eigenvalue weighted by Crippen LogP contribution is 2.54. The minimum Gasteiger partial charge on any atom is -0.378 e. The van der Waals surface area contributed by atoms with Crippen molar-refractivity contribution in [1.82, 2.24) is 10.2 Å². The summed E-state index contributed by atoms with van der Waals surface area (Å²) in [6, 6.07) is -1.52. The number of quaternary nitrogens is 1. The third-order valence-corrected chi connectivity index (χ3v) is 9.31. The highest BCUT2D eigenvalue weighted by Gasteiger charge is 2.85. The standard InChI is InChI=1S/C32H39F9N4O6/c1-17(2)22(42)28(50)45(23(18(3)4)24(46)29(33,34)30(35,36)31(37,38)32(39,40)41)14-6-5-7-21(45)26(48)43-25(47)19-8-10-20(11-9-19)27(49)44-12-15-51-16-13-44/h8-11,17-18,21-23H,5-7,12-16,42H2,1-4H3/p+1/t21?,22-,23?,45?/m0/s1. The number of ketones is 1. The molecule has 19 heteroatoms. The van der Waals surface area contributed by atoms with Crippen LogP contribution in [0.1, 0.15) is 67.7 Å². The summed E-state index contributed by atoms with van der Waals surface area (Å²) in [6.45, 7) is 5.27. The largest absolute Gasteiger partial charge is 0.460 e. The first kappa shape index (κ1) is 41.8. The van der Waals surface area contributed by atoms with Crippen molar-refractivity contribution in [3.05, 3.63) is 35.4 Å². The van der Waals surface area contributed by atoms with Crippen LogP contribution < -0.4 is 11.1 Å². The van der Waals surface area contributed by atoms with Gasteiger partial charge in [-0.25, -0.2) is 9.28 Å². The molecule has 0 aliphatic carbocycles. The van der Waals surface area contributed by atoms with Gasteiger partial charge in [0, 0.05) is 36.6 Å². The Balaban J connectivity index is 2.08. The van der Waals surface area contributed by atoms with Crippen LogP contribution in [0.5, 0.6) is 0 Å². The summed E-state index contributed by atoms with van der Waals surface area (Å²) in [6.07, 6.45) is -7.70. The highest BCUT2D eigenvalue weighted by atomic mass is 19.4. The molecular weight excluding hydrogens is 707 g/mol. The van der Waals surface area contributed by atoms with Crippen molar-refractivity contribution in [2.75, 3.05) is 32.8 Å². The fourth-order valence-electron chi connectivity index (χ4n) is 6.47. The molecule has 2 fully saturated rings. The van der Waals surface area contributed by atoms with Gasteiger partial charge in [0.05, 0.1) is 19.8 Å². The van der Waals surface area contributed by atoms with Crippen molar-refractivity contribution in [3.63, 3.8) is 0 Å². The average molecular weight is 748 g/mol. The van der Waals surface area contributed by atoms with Crippen LogP contribution in [0.4, 0.5) is 39.5 Å². The second kappa shape index (κ2) is 15.2. The van der Waals surface area contributed by atoms with E-state index in [9.17, 15) is 54.7 Å². The quantitative estimate of drug-likeness (QED) is 0.195. The molecule has 0 aromatic heterocycles. The van der Waals surface area contributed by atoms with E-state index in [0.717, 1.165) is 13.8 Å². The maximum absolute atomic E-state index is 15.3. The van der Waals surface area contributed by atoms with Crippen LogP contribution in [0.3, 0.4) is 0 Å². The van der Waals surface area contributed by atoms with E-state index in [1.54, 1.807) is 0 Å². The molecule has 1 aromatic rings. The number of Topliss-reactive ketones (excluding diaryl/α,β-unsaturated/α-hetero) is 1. The van der Waals surface area contributed by atoms with Crippen LogP contribution in [0.15, 0.2) is 24.3 Å². The molecule has 3 N–H and O–H groups in total. The predicted molar refractivity (Wildman–Crippen MR) is 161 cm³/mol. The first-order valence-electron chi connectivity index (χ1n) is 16.1. The number of nitrogens with one attached hydrogen (secondary N) is 1. The minimum atomic E-state index is -7.39. The Kier molecular flexibility index (Phi) is 12.5. The van der Waals surface area contributed by atoms with Crippen LogP contribution >= 0.6 is 0 Å². The molecular formula is C32H40F9N4O6+. The number of halogens is 9. The van der Waals surface area contributed by atoms with Gasteiger partial charge in [-0.05, 0) is 43.0 Å². The molecule has 2 aliphatic rings. The van der Waals surface area contributed by atoms with E-state index in [4.69, 9.17) is 10.5 Å². The number of rotatable bonds is 11. The lowest BCUT2D eigenvalue weighted by Crippen LogP contribution is -2.78. The molecule has 2 saturated heterocycles. The second-order valence-corrected chi connectivity index (χ2v) is 13.3. The number of morpholine rings is 1. The van der Waals surface area contributed by atoms with Gasteiger partial charge in [0.15, 0.2) is 12.1 Å². The number of alkyl halides is 9. The van der Waals surface area contributed by atoms with Crippen LogP contribution in [0.25, 0.3) is 0 Å². The van der Waals surface area contributed by atoms with Gasteiger partial charge in [-0.3, -0.25) is 24.5 Å². The number of amides is 4. The number of piperidine rings is 1. The van der Waals surface area contributed by atoms with Crippen molar-refractivity contribution in [1.29, 1.82) is 0 Å². The van der Waals surface area contributed by atoms with E-state index in [-0.39, 0.29) is 29.9 Å². The Hall–Kier alpha value is -3.58. The number of nitrogens with two attached hydrogens (primary N) is 1. The van der Waals surface area contributed by atoms with Crippen molar-refractivity contribution in [3.8, 4) is 0 Å². The summed E-state index contributed by atoms with van der Waals surface area (Å²) in [5, 5.41) is 1.99. The Bertz CT molecular complexity index is 1480. The molecule has 0 bridgehead atoms. The summed E-state index contributed by atoms with van der Waals surface area (Å²) in [7, 11) is 0. The lowest BCUT2D eigenvalue weighted by Gasteiger charge is -2.51. The van der Waals surface area contributed by atoms with Crippen LogP contribution in [-0.4, -0.2) is 114 Å². The number of imide groups is 1. The summed E-state index contributed by atoms with van der Waals surface area (Å²) >= 11 is 0. The third-order valence-electron chi connectivity index (χ3n) is 9.31. The van der Waals surface area contributed by atoms with Crippen molar-refractivity contribution in [2.45, 2.75) is 89.0 Å². The lowest BCUT2D eigenvalue weighted by molar-refractivity contribution is -0.895. The zero-order chi connectivity index (χ0) is 38.9.